The number of hydrogen-bond donors (Lipinski definition) is 0. The first-order valence-corrected chi connectivity index (χ1v) is 8.27. The number of rotatable bonds is 6. The van der Waals surface area contributed by atoms with Crippen molar-refractivity contribution < 1.29 is 9.53 Å². The second kappa shape index (κ2) is 6.64. The third kappa shape index (κ3) is 3.66. The van der Waals surface area contributed by atoms with Crippen molar-refractivity contribution in [2.75, 3.05) is 6.61 Å². The molecule has 2 nitrogen and oxygen atoms in total. The first kappa shape index (κ1) is 16.1. The molecule has 0 amide bonds. The van der Waals surface area contributed by atoms with E-state index in [2.05, 4.69) is 32.9 Å². The van der Waals surface area contributed by atoms with E-state index in [-0.39, 0.29) is 11.2 Å². The molecule has 0 saturated carbocycles. The maximum atomic E-state index is 12.0. The summed E-state index contributed by atoms with van der Waals surface area (Å²) in [7, 11) is 0. The Morgan fingerprint density at radius 2 is 2.00 bits per heavy atom. The topological polar surface area (TPSA) is 26.3 Å². The lowest BCUT2D eigenvalue weighted by molar-refractivity contribution is 0.101. The Hall–Kier alpha value is -1.31. The maximum Gasteiger partial charge on any atom is 0.160 e. The molecule has 0 unspecified atom stereocenters. The summed E-state index contributed by atoms with van der Waals surface area (Å²) in [6, 6.07) is 4.21. The number of hydrogen-bond acceptors (Lipinski definition) is 2. The number of fused-ring (bicyclic) bond motifs is 1. The van der Waals surface area contributed by atoms with Gasteiger partial charge in [0.25, 0.3) is 0 Å². The summed E-state index contributed by atoms with van der Waals surface area (Å²) in [4.78, 5) is 12.0. The van der Waals surface area contributed by atoms with Crippen LogP contribution in [0.3, 0.4) is 0 Å². The van der Waals surface area contributed by atoms with E-state index < -0.39 is 0 Å². The molecule has 0 fully saturated rings. The quantitative estimate of drug-likeness (QED) is 0.539. The van der Waals surface area contributed by atoms with E-state index in [9.17, 15) is 4.79 Å². The SMILES string of the molecule is CCCCCCc1cc2c(cc1C(C)=O)C(C)(C)CCO2. The highest BCUT2D eigenvalue weighted by Crippen LogP contribution is 2.40. The fourth-order valence-corrected chi connectivity index (χ4v) is 3.10. The van der Waals surface area contributed by atoms with Crippen LogP contribution in [-0.4, -0.2) is 12.4 Å². The maximum absolute atomic E-state index is 12.0. The number of aryl methyl sites for hydroxylation is 1. The molecule has 1 aromatic rings. The van der Waals surface area contributed by atoms with Crippen LogP contribution in [0.25, 0.3) is 0 Å². The molecule has 0 aliphatic carbocycles. The van der Waals surface area contributed by atoms with Crippen molar-refractivity contribution in [3.05, 3.63) is 28.8 Å². The predicted molar refractivity (Wildman–Crippen MR) is 87.4 cm³/mol. The van der Waals surface area contributed by atoms with E-state index in [0.29, 0.717) is 0 Å². The van der Waals surface area contributed by atoms with Crippen molar-refractivity contribution in [2.24, 2.45) is 0 Å². The van der Waals surface area contributed by atoms with Gasteiger partial charge in [0.1, 0.15) is 5.75 Å². The Bertz CT molecular complexity index is 515. The van der Waals surface area contributed by atoms with Gasteiger partial charge in [-0.3, -0.25) is 4.79 Å². The average Bonchev–Trinajstić information content (AvgIpc) is 2.42. The zero-order valence-electron chi connectivity index (χ0n) is 13.9. The highest BCUT2D eigenvalue weighted by atomic mass is 16.5. The third-order valence-corrected chi connectivity index (χ3v) is 4.60. The van der Waals surface area contributed by atoms with Crippen molar-refractivity contribution in [1.29, 1.82) is 0 Å². The molecule has 116 valence electrons. The van der Waals surface area contributed by atoms with Crippen molar-refractivity contribution in [1.82, 2.24) is 0 Å². The van der Waals surface area contributed by atoms with Crippen molar-refractivity contribution in [3.63, 3.8) is 0 Å². The van der Waals surface area contributed by atoms with Gasteiger partial charge in [0, 0.05) is 11.1 Å². The number of benzene rings is 1. The van der Waals surface area contributed by atoms with Gasteiger partial charge < -0.3 is 4.74 Å². The number of ether oxygens (including phenoxy) is 1. The number of carbonyl (C=O) groups excluding carboxylic acids is 1. The van der Waals surface area contributed by atoms with Gasteiger partial charge in [0.05, 0.1) is 6.61 Å². The van der Waals surface area contributed by atoms with Crippen LogP contribution >= 0.6 is 0 Å². The number of Topliss-reactive ketones (excluding diaryl/α,β-unsaturated/α-hetero) is 1. The van der Waals surface area contributed by atoms with Crippen LogP contribution in [0.15, 0.2) is 12.1 Å². The minimum Gasteiger partial charge on any atom is -0.493 e. The summed E-state index contributed by atoms with van der Waals surface area (Å²) in [5, 5.41) is 0. The van der Waals surface area contributed by atoms with E-state index in [1.165, 1.54) is 24.8 Å². The van der Waals surface area contributed by atoms with Gasteiger partial charge in [-0.1, -0.05) is 40.0 Å². The molecule has 0 aromatic heterocycles. The summed E-state index contributed by atoms with van der Waals surface area (Å²) in [5.41, 5.74) is 3.34. The largest absolute Gasteiger partial charge is 0.493 e. The van der Waals surface area contributed by atoms with Crippen LogP contribution in [0.5, 0.6) is 5.75 Å². The summed E-state index contributed by atoms with van der Waals surface area (Å²) in [6.07, 6.45) is 6.87. The molecular weight excluding hydrogens is 260 g/mol. The normalized spacial score (nSPS) is 16.2. The second-order valence-corrected chi connectivity index (χ2v) is 6.85. The van der Waals surface area contributed by atoms with Crippen LogP contribution in [0.2, 0.25) is 0 Å². The molecule has 1 heterocycles. The molecule has 2 rings (SSSR count). The summed E-state index contributed by atoms with van der Waals surface area (Å²) >= 11 is 0. The van der Waals surface area contributed by atoms with Crippen molar-refractivity contribution in [2.45, 2.75) is 71.6 Å². The van der Waals surface area contributed by atoms with Crippen LogP contribution < -0.4 is 4.74 Å². The van der Waals surface area contributed by atoms with Gasteiger partial charge in [0.2, 0.25) is 0 Å². The van der Waals surface area contributed by atoms with E-state index in [1.54, 1.807) is 6.92 Å². The van der Waals surface area contributed by atoms with Crippen LogP contribution in [0, 0.1) is 0 Å². The lowest BCUT2D eigenvalue weighted by Gasteiger charge is -2.33. The van der Waals surface area contributed by atoms with Gasteiger partial charge in [0.15, 0.2) is 5.78 Å². The first-order chi connectivity index (χ1) is 9.95. The number of carbonyl (C=O) groups is 1. The predicted octanol–water partition coefficient (Wildman–Crippen LogP) is 5.07. The van der Waals surface area contributed by atoms with Gasteiger partial charge >= 0.3 is 0 Å². The second-order valence-electron chi connectivity index (χ2n) is 6.85. The molecule has 0 N–H and O–H groups in total. The van der Waals surface area contributed by atoms with Crippen LogP contribution in [0.4, 0.5) is 0 Å². The molecule has 1 aliphatic rings. The Kier molecular flexibility index (Phi) is 5.08. The molecular formula is C19H28O2. The number of unbranched alkanes of at least 4 members (excludes halogenated alkanes) is 3. The Morgan fingerprint density at radius 3 is 2.67 bits per heavy atom. The molecule has 0 radical (unpaired) electrons. The highest BCUT2D eigenvalue weighted by Gasteiger charge is 2.30. The molecule has 0 atom stereocenters. The number of ketones is 1. The third-order valence-electron chi connectivity index (χ3n) is 4.60. The summed E-state index contributed by atoms with van der Waals surface area (Å²) < 4.78 is 5.85. The average molecular weight is 288 g/mol. The van der Waals surface area contributed by atoms with Crippen molar-refractivity contribution in [3.8, 4) is 5.75 Å². The summed E-state index contributed by atoms with van der Waals surface area (Å²) in [6.45, 7) is 9.14. The van der Waals surface area contributed by atoms with E-state index >= 15 is 0 Å². The van der Waals surface area contributed by atoms with Crippen LogP contribution in [0.1, 0.15) is 81.3 Å². The first-order valence-electron chi connectivity index (χ1n) is 8.27. The van der Waals surface area contributed by atoms with Crippen molar-refractivity contribution >= 4 is 5.78 Å². The van der Waals surface area contributed by atoms with Gasteiger partial charge in [-0.05, 0) is 49.3 Å². The monoisotopic (exact) mass is 288 g/mol. The minimum atomic E-state index is 0.0958. The zero-order chi connectivity index (χ0) is 15.5. The van der Waals surface area contributed by atoms with E-state index in [4.69, 9.17) is 4.74 Å². The van der Waals surface area contributed by atoms with E-state index in [1.807, 2.05) is 0 Å². The molecule has 0 spiro atoms. The lowest BCUT2D eigenvalue weighted by Crippen LogP contribution is -2.27. The smallest absolute Gasteiger partial charge is 0.160 e. The molecule has 1 aliphatic heterocycles. The fourth-order valence-electron chi connectivity index (χ4n) is 3.10. The summed E-state index contributed by atoms with van der Waals surface area (Å²) in [5.74, 6) is 1.16. The molecule has 0 bridgehead atoms. The zero-order valence-corrected chi connectivity index (χ0v) is 13.9. The molecule has 0 saturated heterocycles. The van der Waals surface area contributed by atoms with Gasteiger partial charge in [-0.2, -0.15) is 0 Å². The lowest BCUT2D eigenvalue weighted by atomic mass is 9.78. The Morgan fingerprint density at radius 1 is 1.24 bits per heavy atom. The molecule has 21 heavy (non-hydrogen) atoms. The minimum absolute atomic E-state index is 0.0958. The van der Waals surface area contributed by atoms with Gasteiger partial charge in [-0.15, -0.1) is 0 Å². The standard InChI is InChI=1S/C19H28O2/c1-5-6-7-8-9-15-12-18-17(13-16(15)14(2)20)19(3,4)10-11-21-18/h12-13H,5-11H2,1-4H3. The van der Waals surface area contributed by atoms with E-state index in [0.717, 1.165) is 42.7 Å². The fraction of sp³-hybridized carbons (Fsp3) is 0.632. The Balaban J connectivity index is 2.30. The Labute approximate surface area is 128 Å². The van der Waals surface area contributed by atoms with Gasteiger partial charge in [-0.25, -0.2) is 0 Å². The van der Waals surface area contributed by atoms with Crippen LogP contribution in [-0.2, 0) is 11.8 Å². The molecule has 1 aromatic carbocycles. The highest BCUT2D eigenvalue weighted by molar-refractivity contribution is 5.96. The molecule has 2 heteroatoms.